The zero-order valence-electron chi connectivity index (χ0n) is 9.07. The molecule has 16 heavy (non-hydrogen) atoms. The Morgan fingerprint density at radius 2 is 2.31 bits per heavy atom. The molecule has 0 amide bonds. The molecule has 1 aromatic rings. The SMILES string of the molecule is COC(=O)CSc1ccc(F)cc1[C@H](C)O. The predicted molar refractivity (Wildman–Crippen MR) is 59.8 cm³/mol. The van der Waals surface area contributed by atoms with E-state index in [1.54, 1.807) is 13.0 Å². The molecule has 0 unspecified atom stereocenters. The fraction of sp³-hybridized carbons (Fsp3) is 0.364. The summed E-state index contributed by atoms with van der Waals surface area (Å²) in [6, 6.07) is 4.11. The van der Waals surface area contributed by atoms with Crippen LogP contribution in [0.25, 0.3) is 0 Å². The predicted octanol–water partition coefficient (Wildman–Crippen LogP) is 2.14. The molecular formula is C11H13FO3S. The van der Waals surface area contributed by atoms with Crippen LogP contribution in [0.1, 0.15) is 18.6 Å². The molecule has 0 heterocycles. The highest BCUT2D eigenvalue weighted by Gasteiger charge is 2.11. The van der Waals surface area contributed by atoms with Crippen LogP contribution in [-0.4, -0.2) is 23.9 Å². The molecule has 0 aliphatic heterocycles. The summed E-state index contributed by atoms with van der Waals surface area (Å²) in [5, 5.41) is 9.46. The topological polar surface area (TPSA) is 46.5 Å². The van der Waals surface area contributed by atoms with Crippen molar-refractivity contribution in [1.29, 1.82) is 0 Å². The van der Waals surface area contributed by atoms with E-state index in [9.17, 15) is 14.3 Å². The van der Waals surface area contributed by atoms with Crippen LogP contribution in [0.4, 0.5) is 4.39 Å². The Morgan fingerprint density at radius 3 is 2.88 bits per heavy atom. The van der Waals surface area contributed by atoms with E-state index in [1.807, 2.05) is 0 Å². The first-order valence-electron chi connectivity index (χ1n) is 4.71. The minimum absolute atomic E-state index is 0.141. The van der Waals surface area contributed by atoms with Gasteiger partial charge in [0.15, 0.2) is 0 Å². The van der Waals surface area contributed by atoms with Gasteiger partial charge in [-0.15, -0.1) is 11.8 Å². The van der Waals surface area contributed by atoms with Gasteiger partial charge in [0, 0.05) is 4.90 Å². The number of hydrogen-bond acceptors (Lipinski definition) is 4. The molecule has 1 rings (SSSR count). The van der Waals surface area contributed by atoms with Crippen LogP contribution in [0.5, 0.6) is 0 Å². The van der Waals surface area contributed by atoms with Gasteiger partial charge in [-0.05, 0) is 30.7 Å². The summed E-state index contributed by atoms with van der Waals surface area (Å²) in [7, 11) is 1.31. The molecule has 0 bridgehead atoms. The lowest BCUT2D eigenvalue weighted by Gasteiger charge is -2.11. The monoisotopic (exact) mass is 244 g/mol. The summed E-state index contributed by atoms with van der Waals surface area (Å²) in [6.07, 6.45) is -0.768. The zero-order chi connectivity index (χ0) is 12.1. The molecule has 1 N–H and O–H groups in total. The van der Waals surface area contributed by atoms with Crippen molar-refractivity contribution in [2.45, 2.75) is 17.9 Å². The van der Waals surface area contributed by atoms with Crippen molar-refractivity contribution >= 4 is 17.7 Å². The minimum Gasteiger partial charge on any atom is -0.468 e. The van der Waals surface area contributed by atoms with Gasteiger partial charge >= 0.3 is 5.97 Å². The summed E-state index contributed by atoms with van der Waals surface area (Å²) in [4.78, 5) is 11.6. The maximum atomic E-state index is 13.0. The lowest BCUT2D eigenvalue weighted by molar-refractivity contribution is -0.137. The Morgan fingerprint density at radius 1 is 1.62 bits per heavy atom. The van der Waals surface area contributed by atoms with Crippen molar-refractivity contribution < 1.29 is 19.0 Å². The van der Waals surface area contributed by atoms with Crippen molar-refractivity contribution in [3.05, 3.63) is 29.6 Å². The van der Waals surface area contributed by atoms with Gasteiger partial charge in [0.2, 0.25) is 0 Å². The van der Waals surface area contributed by atoms with Gasteiger partial charge in [-0.2, -0.15) is 0 Å². The number of methoxy groups -OCH3 is 1. The van der Waals surface area contributed by atoms with Crippen LogP contribution in [-0.2, 0) is 9.53 Å². The van der Waals surface area contributed by atoms with Crippen LogP contribution in [0, 0.1) is 5.82 Å². The fourth-order valence-corrected chi connectivity index (χ4v) is 2.12. The van der Waals surface area contributed by atoms with Gasteiger partial charge in [0.25, 0.3) is 0 Å². The van der Waals surface area contributed by atoms with E-state index in [0.717, 1.165) is 0 Å². The van der Waals surface area contributed by atoms with Crippen molar-refractivity contribution in [1.82, 2.24) is 0 Å². The maximum absolute atomic E-state index is 13.0. The summed E-state index contributed by atoms with van der Waals surface area (Å²) >= 11 is 1.22. The van der Waals surface area contributed by atoms with Gasteiger partial charge in [-0.1, -0.05) is 0 Å². The number of ether oxygens (including phenoxy) is 1. The van der Waals surface area contributed by atoms with Crippen LogP contribution in [0.2, 0.25) is 0 Å². The molecule has 0 spiro atoms. The Bertz CT molecular complexity index is 379. The first kappa shape index (κ1) is 13.0. The molecular weight excluding hydrogens is 231 g/mol. The minimum atomic E-state index is -0.768. The van der Waals surface area contributed by atoms with Gasteiger partial charge in [0.1, 0.15) is 5.82 Å². The van der Waals surface area contributed by atoms with Gasteiger partial charge in [0.05, 0.1) is 19.0 Å². The van der Waals surface area contributed by atoms with Crippen molar-refractivity contribution in [2.75, 3.05) is 12.9 Å². The number of aliphatic hydroxyl groups is 1. The van der Waals surface area contributed by atoms with Gasteiger partial charge in [-0.3, -0.25) is 4.79 Å². The molecule has 5 heteroatoms. The number of benzene rings is 1. The van der Waals surface area contributed by atoms with E-state index < -0.39 is 11.9 Å². The lowest BCUT2D eigenvalue weighted by atomic mass is 10.1. The Hall–Kier alpha value is -1.07. The van der Waals surface area contributed by atoms with Crippen LogP contribution >= 0.6 is 11.8 Å². The lowest BCUT2D eigenvalue weighted by Crippen LogP contribution is -2.04. The molecule has 0 radical (unpaired) electrons. The highest BCUT2D eigenvalue weighted by molar-refractivity contribution is 8.00. The Kier molecular flexibility index (Phi) is 4.76. The quantitative estimate of drug-likeness (QED) is 0.651. The first-order valence-corrected chi connectivity index (χ1v) is 5.70. The third-order valence-corrected chi connectivity index (χ3v) is 3.06. The number of halogens is 1. The normalized spacial score (nSPS) is 12.2. The average molecular weight is 244 g/mol. The molecule has 0 saturated carbocycles. The van der Waals surface area contributed by atoms with Crippen molar-refractivity contribution in [3.63, 3.8) is 0 Å². The molecule has 0 fully saturated rings. The van der Waals surface area contributed by atoms with Crippen molar-refractivity contribution in [3.8, 4) is 0 Å². The van der Waals surface area contributed by atoms with E-state index in [-0.39, 0.29) is 11.7 Å². The summed E-state index contributed by atoms with van der Waals surface area (Å²) < 4.78 is 17.5. The number of hydrogen-bond donors (Lipinski definition) is 1. The van der Waals surface area contributed by atoms with Crippen molar-refractivity contribution in [2.24, 2.45) is 0 Å². The highest BCUT2D eigenvalue weighted by Crippen LogP contribution is 2.28. The van der Waals surface area contributed by atoms with Gasteiger partial charge in [-0.25, -0.2) is 4.39 Å². The van der Waals surface area contributed by atoms with E-state index >= 15 is 0 Å². The average Bonchev–Trinajstić information content (AvgIpc) is 2.26. The Balaban J connectivity index is 2.82. The van der Waals surface area contributed by atoms with E-state index in [1.165, 1.54) is 31.0 Å². The largest absolute Gasteiger partial charge is 0.468 e. The first-order chi connectivity index (χ1) is 7.54. The third-order valence-electron chi connectivity index (χ3n) is 2.00. The molecule has 1 atom stereocenters. The summed E-state index contributed by atoms with van der Waals surface area (Å²) in [5.74, 6) is -0.619. The van der Waals surface area contributed by atoms with E-state index in [0.29, 0.717) is 10.5 Å². The van der Waals surface area contributed by atoms with Gasteiger partial charge < -0.3 is 9.84 Å². The third kappa shape index (κ3) is 3.50. The summed E-state index contributed by atoms with van der Waals surface area (Å²) in [5.41, 5.74) is 0.480. The van der Waals surface area contributed by atoms with E-state index in [4.69, 9.17) is 0 Å². The number of thioether (sulfide) groups is 1. The van der Waals surface area contributed by atoms with E-state index in [2.05, 4.69) is 4.74 Å². The number of carbonyl (C=O) groups is 1. The second kappa shape index (κ2) is 5.86. The summed E-state index contributed by atoms with van der Waals surface area (Å²) in [6.45, 7) is 1.55. The molecule has 3 nitrogen and oxygen atoms in total. The Labute approximate surface area is 97.6 Å². The molecule has 0 aromatic heterocycles. The van der Waals surface area contributed by atoms with Crippen LogP contribution in [0.15, 0.2) is 23.1 Å². The maximum Gasteiger partial charge on any atom is 0.315 e. The number of aliphatic hydroxyl groups excluding tert-OH is 1. The second-order valence-electron chi connectivity index (χ2n) is 3.22. The molecule has 0 aliphatic rings. The van der Waals surface area contributed by atoms with Crippen LogP contribution in [0.3, 0.4) is 0 Å². The zero-order valence-corrected chi connectivity index (χ0v) is 9.88. The molecule has 0 saturated heterocycles. The van der Waals surface area contributed by atoms with Crippen LogP contribution < -0.4 is 0 Å². The number of carbonyl (C=O) groups excluding carboxylic acids is 1. The fourth-order valence-electron chi connectivity index (χ4n) is 1.17. The second-order valence-corrected chi connectivity index (χ2v) is 4.24. The standard InChI is InChI=1S/C11H13FO3S/c1-7(13)9-5-8(12)3-4-10(9)16-6-11(14)15-2/h3-5,7,13H,6H2,1-2H3/t7-/m0/s1. The molecule has 1 aromatic carbocycles. The molecule has 88 valence electrons. The smallest absolute Gasteiger partial charge is 0.315 e. The number of rotatable bonds is 4. The number of esters is 1. The molecule has 0 aliphatic carbocycles. The highest BCUT2D eigenvalue weighted by atomic mass is 32.2.